The molecule has 0 bridgehead atoms. The molecule has 1 aliphatic carbocycles. The number of rotatable bonds is 10. The lowest BCUT2D eigenvalue weighted by molar-refractivity contribution is -0.155. The minimum absolute atomic E-state index is 0.0259. The predicted molar refractivity (Wildman–Crippen MR) is 94.2 cm³/mol. The number of carboxylic acid groups (broad SMARTS) is 2. The van der Waals surface area contributed by atoms with Crippen molar-refractivity contribution in [1.82, 2.24) is 0 Å². The van der Waals surface area contributed by atoms with E-state index in [2.05, 4.69) is 0 Å². The summed E-state index contributed by atoms with van der Waals surface area (Å²) in [5.74, 6) is -3.78. The number of hydrogen-bond acceptors (Lipinski definition) is 3. The number of benzene rings is 1. The van der Waals surface area contributed by atoms with Gasteiger partial charge in [-0.2, -0.15) is 0 Å². The van der Waals surface area contributed by atoms with Crippen LogP contribution in [0.5, 0.6) is 0 Å². The Kier molecular flexibility index (Phi) is 7.44. The highest BCUT2D eigenvalue weighted by atomic mass is 16.5. The van der Waals surface area contributed by atoms with E-state index in [0.29, 0.717) is 19.6 Å². The number of carboxylic acids is 2. The average molecular weight is 348 g/mol. The van der Waals surface area contributed by atoms with E-state index in [1.54, 1.807) is 0 Å². The molecule has 0 aliphatic heterocycles. The molecule has 0 saturated heterocycles. The van der Waals surface area contributed by atoms with Gasteiger partial charge < -0.3 is 14.9 Å². The molecular formula is C20H28O5. The van der Waals surface area contributed by atoms with Crippen LogP contribution in [0.3, 0.4) is 0 Å². The van der Waals surface area contributed by atoms with Gasteiger partial charge in [-0.25, -0.2) is 0 Å². The summed E-state index contributed by atoms with van der Waals surface area (Å²) >= 11 is 0. The van der Waals surface area contributed by atoms with Crippen LogP contribution in [0.2, 0.25) is 0 Å². The van der Waals surface area contributed by atoms with Gasteiger partial charge in [-0.1, -0.05) is 49.6 Å². The molecule has 1 fully saturated rings. The summed E-state index contributed by atoms with van der Waals surface area (Å²) in [7, 11) is 0. The maximum atomic E-state index is 11.1. The van der Waals surface area contributed by atoms with Crippen molar-refractivity contribution < 1.29 is 24.5 Å². The highest BCUT2D eigenvalue weighted by molar-refractivity contribution is 5.92. The highest BCUT2D eigenvalue weighted by Crippen LogP contribution is 2.44. The first kappa shape index (κ1) is 19.4. The Morgan fingerprint density at radius 2 is 1.64 bits per heavy atom. The van der Waals surface area contributed by atoms with Crippen LogP contribution in [-0.2, 0) is 20.9 Å². The summed E-state index contributed by atoms with van der Waals surface area (Å²) in [6, 6.07) is 10.0. The number of aliphatic carboxylic acids is 2. The van der Waals surface area contributed by atoms with Gasteiger partial charge in [-0.3, -0.25) is 9.59 Å². The summed E-state index contributed by atoms with van der Waals surface area (Å²) < 4.78 is 5.82. The molecule has 1 aliphatic rings. The molecule has 2 rings (SSSR count). The minimum atomic E-state index is -1.30. The molecule has 5 nitrogen and oxygen atoms in total. The zero-order chi connectivity index (χ0) is 18.1. The average Bonchev–Trinajstić information content (AvgIpc) is 2.60. The van der Waals surface area contributed by atoms with E-state index >= 15 is 0 Å². The minimum Gasteiger partial charge on any atom is -0.481 e. The molecule has 1 saturated carbocycles. The van der Waals surface area contributed by atoms with Crippen LogP contribution >= 0.6 is 0 Å². The van der Waals surface area contributed by atoms with E-state index in [1.807, 2.05) is 30.3 Å². The summed E-state index contributed by atoms with van der Waals surface area (Å²) in [5, 5.41) is 18.2. The summed E-state index contributed by atoms with van der Waals surface area (Å²) in [5.41, 5.74) is 1.16. The van der Waals surface area contributed by atoms with Crippen LogP contribution in [0, 0.1) is 11.3 Å². The maximum absolute atomic E-state index is 11.1. The fraction of sp³-hybridized carbons (Fsp3) is 0.600. The van der Waals surface area contributed by atoms with Crippen molar-refractivity contribution in [3.05, 3.63) is 35.9 Å². The summed E-state index contributed by atoms with van der Waals surface area (Å²) in [4.78, 5) is 22.3. The molecular weight excluding hydrogens is 320 g/mol. The first-order chi connectivity index (χ1) is 12.0. The molecule has 2 N–H and O–H groups in total. The van der Waals surface area contributed by atoms with Crippen molar-refractivity contribution in [1.29, 1.82) is 0 Å². The Hall–Kier alpha value is -1.88. The van der Waals surface area contributed by atoms with Gasteiger partial charge >= 0.3 is 11.9 Å². The molecule has 0 radical (unpaired) electrons. The van der Waals surface area contributed by atoms with E-state index in [4.69, 9.17) is 14.9 Å². The predicted octanol–water partition coefficient (Wildman–Crippen LogP) is 4.11. The quantitative estimate of drug-likeness (QED) is 0.491. The van der Waals surface area contributed by atoms with Crippen LogP contribution in [0.4, 0.5) is 0 Å². The second kappa shape index (κ2) is 9.56. The van der Waals surface area contributed by atoms with Crippen LogP contribution in [0.15, 0.2) is 30.3 Å². The normalized spacial score (nSPS) is 16.7. The van der Waals surface area contributed by atoms with Gasteiger partial charge in [0.15, 0.2) is 5.92 Å². The molecule has 25 heavy (non-hydrogen) atoms. The maximum Gasteiger partial charge on any atom is 0.317 e. The molecule has 0 aromatic heterocycles. The highest BCUT2D eigenvalue weighted by Gasteiger charge is 2.35. The Morgan fingerprint density at radius 1 is 1.00 bits per heavy atom. The zero-order valence-corrected chi connectivity index (χ0v) is 14.7. The van der Waals surface area contributed by atoms with Crippen molar-refractivity contribution in [2.45, 2.75) is 58.0 Å². The van der Waals surface area contributed by atoms with Crippen LogP contribution < -0.4 is 0 Å². The van der Waals surface area contributed by atoms with Gasteiger partial charge in [0.2, 0.25) is 0 Å². The first-order valence-corrected chi connectivity index (χ1v) is 9.10. The Bertz CT molecular complexity index is 534. The van der Waals surface area contributed by atoms with E-state index < -0.39 is 17.9 Å². The monoisotopic (exact) mass is 348 g/mol. The third-order valence-corrected chi connectivity index (χ3v) is 5.36. The third-order valence-electron chi connectivity index (χ3n) is 5.36. The van der Waals surface area contributed by atoms with Gasteiger partial charge in [0.25, 0.3) is 0 Å². The number of carbonyl (C=O) groups is 2. The lowest BCUT2D eigenvalue weighted by Gasteiger charge is -2.38. The standard InChI is InChI=1S/C20H28O5/c21-18(22)17(19(23)24)9-12-20(10-5-2-6-11-20)13-14-25-15-16-7-3-1-4-8-16/h1,3-4,7-8,17H,2,5-6,9-15H2,(H,21,22)(H,23,24). The first-order valence-electron chi connectivity index (χ1n) is 9.10. The fourth-order valence-corrected chi connectivity index (χ4v) is 3.78. The van der Waals surface area contributed by atoms with Gasteiger partial charge in [-0.05, 0) is 43.1 Å². The molecule has 0 spiro atoms. The summed E-state index contributed by atoms with van der Waals surface area (Å²) in [6.45, 7) is 1.20. The lowest BCUT2D eigenvalue weighted by atomic mass is 9.68. The smallest absolute Gasteiger partial charge is 0.317 e. The molecule has 0 unspecified atom stereocenters. The molecule has 1 aromatic carbocycles. The van der Waals surface area contributed by atoms with Crippen molar-refractivity contribution in [2.24, 2.45) is 11.3 Å². The number of ether oxygens (including phenoxy) is 1. The van der Waals surface area contributed by atoms with E-state index in [1.165, 1.54) is 6.42 Å². The SMILES string of the molecule is O=C(O)C(CCC1(CCOCc2ccccc2)CCCCC1)C(=O)O. The largest absolute Gasteiger partial charge is 0.481 e. The van der Waals surface area contributed by atoms with E-state index in [9.17, 15) is 9.59 Å². The fourth-order valence-electron chi connectivity index (χ4n) is 3.78. The van der Waals surface area contributed by atoms with Crippen LogP contribution in [0.25, 0.3) is 0 Å². The van der Waals surface area contributed by atoms with Crippen LogP contribution in [0.1, 0.15) is 56.9 Å². The second-order valence-electron chi connectivity index (χ2n) is 7.12. The van der Waals surface area contributed by atoms with Gasteiger partial charge in [0.1, 0.15) is 0 Å². The van der Waals surface area contributed by atoms with E-state index in [0.717, 1.165) is 37.7 Å². The molecule has 5 heteroatoms. The second-order valence-corrected chi connectivity index (χ2v) is 7.12. The molecule has 1 aromatic rings. The molecule has 138 valence electrons. The van der Waals surface area contributed by atoms with Gasteiger partial charge in [0.05, 0.1) is 6.61 Å². The van der Waals surface area contributed by atoms with E-state index in [-0.39, 0.29) is 11.8 Å². The molecule has 0 heterocycles. The zero-order valence-electron chi connectivity index (χ0n) is 14.7. The van der Waals surface area contributed by atoms with Crippen molar-refractivity contribution in [2.75, 3.05) is 6.61 Å². The van der Waals surface area contributed by atoms with Crippen molar-refractivity contribution in [3.8, 4) is 0 Å². The Morgan fingerprint density at radius 3 is 2.24 bits per heavy atom. The molecule has 0 atom stereocenters. The van der Waals surface area contributed by atoms with Crippen LogP contribution in [-0.4, -0.2) is 28.8 Å². The van der Waals surface area contributed by atoms with Crippen molar-refractivity contribution >= 4 is 11.9 Å². The van der Waals surface area contributed by atoms with Gasteiger partial charge in [-0.15, -0.1) is 0 Å². The Balaban J connectivity index is 1.86. The lowest BCUT2D eigenvalue weighted by Crippen LogP contribution is -2.30. The Labute approximate surface area is 149 Å². The topological polar surface area (TPSA) is 83.8 Å². The van der Waals surface area contributed by atoms with Gasteiger partial charge in [0, 0.05) is 6.61 Å². The summed E-state index contributed by atoms with van der Waals surface area (Å²) in [6.07, 6.45) is 7.24. The molecule has 0 amide bonds. The third kappa shape index (κ3) is 6.16. The number of hydrogen-bond donors (Lipinski definition) is 2. The van der Waals surface area contributed by atoms with Crippen molar-refractivity contribution in [3.63, 3.8) is 0 Å².